The lowest BCUT2D eigenvalue weighted by Crippen LogP contribution is -2.45. The summed E-state index contributed by atoms with van der Waals surface area (Å²) in [5.74, 6) is 2.35. The van der Waals surface area contributed by atoms with E-state index < -0.39 is 12.2 Å². The van der Waals surface area contributed by atoms with Crippen LogP contribution >= 0.6 is 0 Å². The third kappa shape index (κ3) is 4.31. The van der Waals surface area contributed by atoms with Crippen molar-refractivity contribution in [1.82, 2.24) is 9.80 Å². The van der Waals surface area contributed by atoms with Crippen LogP contribution in [-0.2, 0) is 22.4 Å². The number of hydrogen-bond acceptors (Lipinski definition) is 5. The van der Waals surface area contributed by atoms with Gasteiger partial charge >= 0.3 is 6.09 Å². The molecule has 134 valence electrons. The molecule has 0 aromatic heterocycles. The summed E-state index contributed by atoms with van der Waals surface area (Å²) in [5, 5.41) is 10.4. The highest BCUT2D eigenvalue weighted by Gasteiger charge is 2.39. The van der Waals surface area contributed by atoms with Crippen LogP contribution < -0.4 is 0 Å². The van der Waals surface area contributed by atoms with E-state index in [1.807, 2.05) is 6.07 Å². The number of benzene rings is 1. The molecule has 0 bridgehead atoms. The zero-order valence-electron chi connectivity index (χ0n) is 14.3. The van der Waals surface area contributed by atoms with Gasteiger partial charge in [-0.05, 0) is 17.5 Å². The number of ether oxygens (including phenoxy) is 2. The predicted molar refractivity (Wildman–Crippen MR) is 92.9 cm³/mol. The molecule has 1 fully saturated rings. The van der Waals surface area contributed by atoms with Crippen molar-refractivity contribution in [2.45, 2.75) is 25.1 Å². The van der Waals surface area contributed by atoms with Crippen LogP contribution in [0.3, 0.4) is 0 Å². The molecule has 0 saturated carbocycles. The van der Waals surface area contributed by atoms with Crippen LogP contribution in [0, 0.1) is 12.3 Å². The first-order chi connectivity index (χ1) is 12.2. The minimum absolute atomic E-state index is 0.0569. The van der Waals surface area contributed by atoms with Gasteiger partial charge in [0, 0.05) is 19.6 Å². The van der Waals surface area contributed by atoms with Crippen molar-refractivity contribution in [2.75, 3.05) is 39.5 Å². The SMILES string of the molecule is C#CCOCCOC(=O)N1CC(O)C(N2CCc3ccccc3C2)C1. The zero-order valence-corrected chi connectivity index (χ0v) is 14.3. The van der Waals surface area contributed by atoms with Crippen molar-refractivity contribution in [3.63, 3.8) is 0 Å². The fourth-order valence-corrected chi connectivity index (χ4v) is 3.49. The second-order valence-corrected chi connectivity index (χ2v) is 6.40. The number of aliphatic hydroxyl groups is 1. The van der Waals surface area contributed by atoms with Gasteiger partial charge in [-0.3, -0.25) is 4.90 Å². The molecule has 2 atom stereocenters. The third-order valence-electron chi connectivity index (χ3n) is 4.79. The van der Waals surface area contributed by atoms with Crippen molar-refractivity contribution in [1.29, 1.82) is 0 Å². The van der Waals surface area contributed by atoms with E-state index in [1.54, 1.807) is 4.90 Å². The van der Waals surface area contributed by atoms with Gasteiger partial charge in [-0.15, -0.1) is 6.42 Å². The highest BCUT2D eigenvalue weighted by molar-refractivity contribution is 5.68. The van der Waals surface area contributed by atoms with Crippen LogP contribution in [0.1, 0.15) is 11.1 Å². The molecule has 2 aliphatic heterocycles. The Labute approximate surface area is 148 Å². The largest absolute Gasteiger partial charge is 0.447 e. The first-order valence-electron chi connectivity index (χ1n) is 8.61. The minimum atomic E-state index is -0.560. The first kappa shape index (κ1) is 17.7. The molecule has 6 heteroatoms. The van der Waals surface area contributed by atoms with E-state index in [9.17, 15) is 9.90 Å². The number of terminal acetylenes is 1. The van der Waals surface area contributed by atoms with Crippen molar-refractivity contribution < 1.29 is 19.4 Å². The fourth-order valence-electron chi connectivity index (χ4n) is 3.49. The number of likely N-dealkylation sites (tertiary alicyclic amines) is 1. The second kappa shape index (κ2) is 8.34. The van der Waals surface area contributed by atoms with Gasteiger partial charge in [0.05, 0.1) is 25.3 Å². The summed E-state index contributed by atoms with van der Waals surface area (Å²) in [4.78, 5) is 16.0. The summed E-state index contributed by atoms with van der Waals surface area (Å²) in [6.07, 6.45) is 5.07. The smallest absolute Gasteiger partial charge is 0.409 e. The molecule has 1 N–H and O–H groups in total. The second-order valence-electron chi connectivity index (χ2n) is 6.40. The monoisotopic (exact) mass is 344 g/mol. The van der Waals surface area contributed by atoms with Crippen molar-refractivity contribution in [2.24, 2.45) is 0 Å². The molecule has 2 heterocycles. The highest BCUT2D eigenvalue weighted by atomic mass is 16.6. The maximum Gasteiger partial charge on any atom is 0.409 e. The summed E-state index contributed by atoms with van der Waals surface area (Å²) in [6.45, 7) is 3.12. The molecule has 6 nitrogen and oxygen atoms in total. The summed E-state index contributed by atoms with van der Waals surface area (Å²) in [6, 6.07) is 8.33. The van der Waals surface area contributed by atoms with Gasteiger partial charge in [-0.25, -0.2) is 4.79 Å². The number of carbonyl (C=O) groups excluding carboxylic acids is 1. The normalized spacial score (nSPS) is 23.1. The number of hydrogen-bond donors (Lipinski definition) is 1. The Hall–Kier alpha value is -2.07. The zero-order chi connectivity index (χ0) is 17.6. The number of β-amino-alcohol motifs (C(OH)–C–C–N with tert-alkyl or cyclic N) is 1. The van der Waals surface area contributed by atoms with Crippen LogP contribution in [0.25, 0.3) is 0 Å². The summed E-state index contributed by atoms with van der Waals surface area (Å²) in [7, 11) is 0. The Balaban J connectivity index is 1.50. The number of nitrogens with zero attached hydrogens (tertiary/aromatic N) is 2. The third-order valence-corrected chi connectivity index (χ3v) is 4.79. The number of fused-ring (bicyclic) bond motifs is 1. The fraction of sp³-hybridized carbons (Fsp3) is 0.526. The van der Waals surface area contributed by atoms with Gasteiger partial charge in [0.25, 0.3) is 0 Å². The van der Waals surface area contributed by atoms with Crippen molar-refractivity contribution >= 4 is 6.09 Å². The van der Waals surface area contributed by atoms with Gasteiger partial charge in [-0.2, -0.15) is 0 Å². The average molecular weight is 344 g/mol. The van der Waals surface area contributed by atoms with Crippen LogP contribution in [0.2, 0.25) is 0 Å². The Bertz CT molecular complexity index is 643. The molecule has 0 aliphatic carbocycles. The molecule has 25 heavy (non-hydrogen) atoms. The average Bonchev–Trinajstić information content (AvgIpc) is 3.03. The van der Waals surface area contributed by atoms with Crippen LogP contribution in [0.15, 0.2) is 24.3 Å². The van der Waals surface area contributed by atoms with Gasteiger partial charge < -0.3 is 19.5 Å². The summed E-state index contributed by atoms with van der Waals surface area (Å²) in [5.41, 5.74) is 2.67. The van der Waals surface area contributed by atoms with E-state index in [0.717, 1.165) is 19.5 Å². The standard InChI is InChI=1S/C19H24N2O4/c1-2-9-24-10-11-25-19(23)21-13-17(18(22)14-21)20-8-7-15-5-3-4-6-16(15)12-20/h1,3-6,17-18,22H,7-14H2. The minimum Gasteiger partial charge on any atom is -0.447 e. The number of rotatable bonds is 5. The Kier molecular flexibility index (Phi) is 5.92. The van der Waals surface area contributed by atoms with E-state index in [4.69, 9.17) is 15.9 Å². The lowest BCUT2D eigenvalue weighted by Gasteiger charge is -2.34. The topological polar surface area (TPSA) is 62.2 Å². The van der Waals surface area contributed by atoms with E-state index in [0.29, 0.717) is 13.1 Å². The van der Waals surface area contributed by atoms with Crippen LogP contribution in [0.4, 0.5) is 4.79 Å². The molecule has 2 unspecified atom stereocenters. The van der Waals surface area contributed by atoms with Crippen molar-refractivity contribution in [3.05, 3.63) is 35.4 Å². The van der Waals surface area contributed by atoms with E-state index in [-0.39, 0.29) is 25.9 Å². The molecule has 1 aromatic rings. The van der Waals surface area contributed by atoms with Gasteiger partial charge in [-0.1, -0.05) is 30.2 Å². The molecule has 1 aromatic carbocycles. The quantitative estimate of drug-likeness (QED) is 0.635. The number of aliphatic hydroxyl groups excluding tert-OH is 1. The Morgan fingerprint density at radius 1 is 1.28 bits per heavy atom. The lowest BCUT2D eigenvalue weighted by molar-refractivity contribution is 0.0658. The van der Waals surface area contributed by atoms with Crippen LogP contribution in [0.5, 0.6) is 0 Å². The van der Waals surface area contributed by atoms with Gasteiger partial charge in [0.15, 0.2) is 0 Å². The highest BCUT2D eigenvalue weighted by Crippen LogP contribution is 2.25. The molecule has 1 amide bonds. The lowest BCUT2D eigenvalue weighted by atomic mass is 9.98. The van der Waals surface area contributed by atoms with Crippen molar-refractivity contribution in [3.8, 4) is 12.3 Å². The molecule has 1 saturated heterocycles. The maximum absolute atomic E-state index is 12.1. The molecular weight excluding hydrogens is 320 g/mol. The van der Waals surface area contributed by atoms with Crippen LogP contribution in [-0.4, -0.2) is 72.6 Å². The van der Waals surface area contributed by atoms with E-state index >= 15 is 0 Å². The number of amides is 1. The number of carbonyl (C=O) groups is 1. The van der Waals surface area contributed by atoms with Gasteiger partial charge in [0.2, 0.25) is 0 Å². The predicted octanol–water partition coefficient (Wildman–Crippen LogP) is 0.876. The summed E-state index contributed by atoms with van der Waals surface area (Å²) < 4.78 is 10.3. The Morgan fingerprint density at radius 2 is 2.08 bits per heavy atom. The molecule has 0 spiro atoms. The Morgan fingerprint density at radius 3 is 2.88 bits per heavy atom. The van der Waals surface area contributed by atoms with E-state index in [1.165, 1.54) is 11.1 Å². The molecule has 3 rings (SSSR count). The molecular formula is C19H24N2O4. The molecule has 0 radical (unpaired) electrons. The molecule has 2 aliphatic rings. The van der Waals surface area contributed by atoms with Gasteiger partial charge in [0.1, 0.15) is 13.2 Å². The maximum atomic E-state index is 12.1. The van der Waals surface area contributed by atoms with E-state index in [2.05, 4.69) is 29.0 Å². The first-order valence-corrected chi connectivity index (χ1v) is 8.61. The summed E-state index contributed by atoms with van der Waals surface area (Å²) >= 11 is 0.